The quantitative estimate of drug-likeness (QED) is 0.820. The summed E-state index contributed by atoms with van der Waals surface area (Å²) in [5.41, 5.74) is 0.868. The molecular formula is C17H34N2. The highest BCUT2D eigenvalue weighted by molar-refractivity contribution is 4.99. The van der Waals surface area contributed by atoms with Crippen molar-refractivity contribution in [3.05, 3.63) is 0 Å². The predicted octanol–water partition coefficient (Wildman–Crippen LogP) is 3.66. The Kier molecular flexibility index (Phi) is 4.32. The third-order valence-electron chi connectivity index (χ3n) is 5.58. The van der Waals surface area contributed by atoms with Gasteiger partial charge in [0.05, 0.1) is 0 Å². The van der Waals surface area contributed by atoms with Crippen LogP contribution in [0.2, 0.25) is 0 Å². The van der Waals surface area contributed by atoms with Crippen molar-refractivity contribution >= 4 is 0 Å². The first-order valence-electron chi connectivity index (χ1n) is 8.25. The third kappa shape index (κ3) is 3.16. The Morgan fingerprint density at radius 2 is 1.95 bits per heavy atom. The summed E-state index contributed by atoms with van der Waals surface area (Å²) in [6.45, 7) is 16.8. The molecule has 1 saturated carbocycles. The van der Waals surface area contributed by atoms with Crippen molar-refractivity contribution < 1.29 is 0 Å². The second-order valence-corrected chi connectivity index (χ2v) is 8.48. The second kappa shape index (κ2) is 5.37. The molecule has 0 aromatic heterocycles. The molecule has 2 nitrogen and oxygen atoms in total. The van der Waals surface area contributed by atoms with Gasteiger partial charge in [-0.1, -0.05) is 48.0 Å². The van der Waals surface area contributed by atoms with E-state index in [0.717, 1.165) is 12.1 Å². The van der Waals surface area contributed by atoms with Gasteiger partial charge in [0.1, 0.15) is 0 Å². The minimum atomic E-state index is 0.361. The van der Waals surface area contributed by atoms with Crippen molar-refractivity contribution in [2.75, 3.05) is 13.1 Å². The van der Waals surface area contributed by atoms with Gasteiger partial charge < -0.3 is 5.32 Å². The first-order valence-corrected chi connectivity index (χ1v) is 8.25. The molecule has 0 spiro atoms. The zero-order valence-electron chi connectivity index (χ0n) is 13.9. The van der Waals surface area contributed by atoms with Crippen molar-refractivity contribution in [3.63, 3.8) is 0 Å². The first-order chi connectivity index (χ1) is 8.75. The summed E-state index contributed by atoms with van der Waals surface area (Å²) in [7, 11) is 0. The molecule has 0 amide bonds. The van der Waals surface area contributed by atoms with Gasteiger partial charge in [0.2, 0.25) is 0 Å². The lowest BCUT2D eigenvalue weighted by Crippen LogP contribution is -2.63. The molecule has 2 rings (SSSR count). The summed E-state index contributed by atoms with van der Waals surface area (Å²) in [6, 6.07) is 2.16. The highest BCUT2D eigenvalue weighted by Gasteiger charge is 2.44. The molecule has 0 radical (unpaired) electrons. The molecule has 1 aliphatic carbocycles. The van der Waals surface area contributed by atoms with Crippen LogP contribution >= 0.6 is 0 Å². The van der Waals surface area contributed by atoms with Gasteiger partial charge in [0.25, 0.3) is 0 Å². The molecule has 0 bridgehead atoms. The second-order valence-electron chi connectivity index (χ2n) is 8.48. The monoisotopic (exact) mass is 266 g/mol. The number of hydrogen-bond acceptors (Lipinski definition) is 2. The van der Waals surface area contributed by atoms with Crippen LogP contribution in [0.15, 0.2) is 0 Å². The molecule has 2 fully saturated rings. The van der Waals surface area contributed by atoms with Crippen LogP contribution in [0.3, 0.4) is 0 Å². The minimum absolute atomic E-state index is 0.361. The molecule has 1 aliphatic heterocycles. The highest BCUT2D eigenvalue weighted by atomic mass is 15.3. The van der Waals surface area contributed by atoms with Crippen LogP contribution in [0.4, 0.5) is 0 Å². The first kappa shape index (κ1) is 15.3. The van der Waals surface area contributed by atoms with Gasteiger partial charge in [-0.2, -0.15) is 0 Å². The maximum Gasteiger partial charge on any atom is 0.0244 e. The van der Waals surface area contributed by atoms with Crippen LogP contribution < -0.4 is 5.32 Å². The SMILES string of the molecule is CCC1CNC(C(C)(C)C)CN1C1CCCC1(C)C. The standard InChI is InChI=1S/C17H34N2/c1-7-13-11-18-14(16(2,3)4)12-19(13)15-9-8-10-17(15,5)6/h13-15,18H,7-12H2,1-6H3. The topological polar surface area (TPSA) is 15.3 Å². The van der Waals surface area contributed by atoms with Gasteiger partial charge in [-0.15, -0.1) is 0 Å². The lowest BCUT2D eigenvalue weighted by Gasteiger charge is -2.50. The summed E-state index contributed by atoms with van der Waals surface area (Å²) < 4.78 is 0. The van der Waals surface area contributed by atoms with E-state index in [-0.39, 0.29) is 0 Å². The van der Waals surface area contributed by atoms with E-state index in [1.165, 1.54) is 38.8 Å². The molecule has 2 aliphatic rings. The Bertz CT molecular complexity index is 303. The van der Waals surface area contributed by atoms with Crippen LogP contribution in [0.5, 0.6) is 0 Å². The lowest BCUT2D eigenvalue weighted by atomic mass is 9.81. The minimum Gasteiger partial charge on any atom is -0.311 e. The predicted molar refractivity (Wildman–Crippen MR) is 83.5 cm³/mol. The van der Waals surface area contributed by atoms with Gasteiger partial charge >= 0.3 is 0 Å². The molecule has 112 valence electrons. The van der Waals surface area contributed by atoms with E-state index >= 15 is 0 Å². The van der Waals surface area contributed by atoms with E-state index in [0.29, 0.717) is 16.9 Å². The summed E-state index contributed by atoms with van der Waals surface area (Å²) in [5, 5.41) is 3.80. The Morgan fingerprint density at radius 1 is 1.26 bits per heavy atom. The molecule has 0 aromatic rings. The zero-order chi connectivity index (χ0) is 14.3. The average Bonchev–Trinajstić information content (AvgIpc) is 2.66. The molecular weight excluding hydrogens is 232 g/mol. The summed E-state index contributed by atoms with van der Waals surface area (Å²) in [6.07, 6.45) is 5.49. The van der Waals surface area contributed by atoms with Crippen molar-refractivity contribution in [2.45, 2.75) is 85.4 Å². The maximum atomic E-state index is 3.80. The van der Waals surface area contributed by atoms with Crippen LogP contribution in [-0.2, 0) is 0 Å². The number of hydrogen-bond donors (Lipinski definition) is 1. The molecule has 3 atom stereocenters. The van der Waals surface area contributed by atoms with E-state index in [2.05, 4.69) is 51.8 Å². The van der Waals surface area contributed by atoms with Gasteiger partial charge in [0, 0.05) is 31.2 Å². The molecule has 1 saturated heterocycles. The van der Waals surface area contributed by atoms with E-state index in [9.17, 15) is 0 Å². The number of nitrogens with zero attached hydrogens (tertiary/aromatic N) is 1. The van der Waals surface area contributed by atoms with E-state index in [1.807, 2.05) is 0 Å². The highest BCUT2D eigenvalue weighted by Crippen LogP contribution is 2.42. The van der Waals surface area contributed by atoms with E-state index in [4.69, 9.17) is 0 Å². The van der Waals surface area contributed by atoms with E-state index < -0.39 is 0 Å². The molecule has 1 N–H and O–H groups in total. The number of nitrogens with one attached hydrogen (secondary N) is 1. The zero-order valence-corrected chi connectivity index (χ0v) is 13.9. The fraction of sp³-hybridized carbons (Fsp3) is 1.00. The lowest BCUT2D eigenvalue weighted by molar-refractivity contribution is 0.0127. The van der Waals surface area contributed by atoms with Gasteiger partial charge in [0.15, 0.2) is 0 Å². The van der Waals surface area contributed by atoms with Crippen molar-refractivity contribution in [3.8, 4) is 0 Å². The fourth-order valence-electron chi connectivity index (χ4n) is 4.08. The molecule has 3 unspecified atom stereocenters. The van der Waals surface area contributed by atoms with Crippen molar-refractivity contribution in [2.24, 2.45) is 10.8 Å². The Labute approximate surface area is 120 Å². The average molecular weight is 266 g/mol. The summed E-state index contributed by atoms with van der Waals surface area (Å²) >= 11 is 0. The van der Waals surface area contributed by atoms with Crippen LogP contribution in [0.25, 0.3) is 0 Å². The van der Waals surface area contributed by atoms with Crippen molar-refractivity contribution in [1.82, 2.24) is 10.2 Å². The van der Waals surface area contributed by atoms with Crippen LogP contribution in [0.1, 0.15) is 67.2 Å². The fourth-order valence-corrected chi connectivity index (χ4v) is 4.08. The Hall–Kier alpha value is -0.0800. The van der Waals surface area contributed by atoms with Gasteiger partial charge in [-0.25, -0.2) is 0 Å². The van der Waals surface area contributed by atoms with Gasteiger partial charge in [-0.05, 0) is 30.1 Å². The van der Waals surface area contributed by atoms with Gasteiger partial charge in [-0.3, -0.25) is 4.90 Å². The van der Waals surface area contributed by atoms with Crippen molar-refractivity contribution in [1.29, 1.82) is 0 Å². The summed E-state index contributed by atoms with van der Waals surface area (Å²) in [4.78, 5) is 2.86. The summed E-state index contributed by atoms with van der Waals surface area (Å²) in [5.74, 6) is 0. The number of piperazine rings is 1. The smallest absolute Gasteiger partial charge is 0.0244 e. The van der Waals surface area contributed by atoms with E-state index in [1.54, 1.807) is 0 Å². The maximum absolute atomic E-state index is 3.80. The van der Waals surface area contributed by atoms with Crippen LogP contribution in [-0.4, -0.2) is 36.1 Å². The van der Waals surface area contributed by atoms with Crippen LogP contribution in [0, 0.1) is 10.8 Å². The largest absolute Gasteiger partial charge is 0.311 e. The number of rotatable bonds is 2. The molecule has 0 aromatic carbocycles. The normalized spacial score (nSPS) is 36.6. The third-order valence-corrected chi connectivity index (χ3v) is 5.58. The Morgan fingerprint density at radius 3 is 2.42 bits per heavy atom. The molecule has 19 heavy (non-hydrogen) atoms. The Balaban J connectivity index is 2.14. The molecule has 1 heterocycles. The molecule has 2 heteroatoms.